The Labute approximate surface area is 252 Å². The van der Waals surface area contributed by atoms with E-state index in [1.54, 1.807) is 0 Å². The normalized spacial score (nSPS) is 12.7. The first kappa shape index (κ1) is 29.6. The van der Waals surface area contributed by atoms with Crippen molar-refractivity contribution in [2.24, 2.45) is 0 Å². The second kappa shape index (κ2) is 14.9. The molecule has 1 aromatic heterocycles. The maximum absolute atomic E-state index is 4.39. The highest BCUT2D eigenvalue weighted by Gasteiger charge is 2.10. The lowest BCUT2D eigenvalue weighted by molar-refractivity contribution is 0.536. The summed E-state index contributed by atoms with van der Waals surface area (Å²) in [6.45, 7) is 9.92. The van der Waals surface area contributed by atoms with Gasteiger partial charge in [-0.2, -0.15) is 0 Å². The van der Waals surface area contributed by atoms with Crippen LogP contribution in [-0.4, -0.2) is 4.57 Å². The van der Waals surface area contributed by atoms with Crippen LogP contribution in [0.15, 0.2) is 104 Å². The van der Waals surface area contributed by atoms with Crippen LogP contribution in [0.3, 0.4) is 0 Å². The Morgan fingerprint density at radius 2 is 1.29 bits per heavy atom. The third-order valence-corrected chi connectivity index (χ3v) is 8.71. The SMILES string of the molecule is C=C(/C=C/C=C/C=c1/c2cccc3cccc(c32)n1CCCCCCCCCCCC)c1cccc2cccc(C)c12. The number of aromatic nitrogens is 1. The molecule has 42 heavy (non-hydrogen) atoms. The lowest BCUT2D eigenvalue weighted by Gasteiger charge is -2.09. The summed E-state index contributed by atoms with van der Waals surface area (Å²) < 4.78 is 2.55. The van der Waals surface area contributed by atoms with Crippen LogP contribution in [0.25, 0.3) is 44.1 Å². The summed E-state index contributed by atoms with van der Waals surface area (Å²) in [5.74, 6) is 0. The van der Waals surface area contributed by atoms with Gasteiger partial charge in [-0.1, -0.05) is 162 Å². The molecule has 0 N–H and O–H groups in total. The van der Waals surface area contributed by atoms with Crippen LogP contribution in [0, 0.1) is 6.92 Å². The Morgan fingerprint density at radius 1 is 0.667 bits per heavy atom. The molecule has 1 nitrogen and oxygen atoms in total. The van der Waals surface area contributed by atoms with Crippen LogP contribution in [-0.2, 0) is 6.54 Å². The lowest BCUT2D eigenvalue weighted by Crippen LogP contribution is -2.16. The van der Waals surface area contributed by atoms with E-state index in [-0.39, 0.29) is 0 Å². The Kier molecular flexibility index (Phi) is 10.5. The van der Waals surface area contributed by atoms with E-state index >= 15 is 0 Å². The van der Waals surface area contributed by atoms with Crippen LogP contribution in [0.4, 0.5) is 0 Å². The minimum atomic E-state index is 1.04. The third-order valence-electron chi connectivity index (χ3n) is 8.71. The van der Waals surface area contributed by atoms with Gasteiger partial charge in [0.1, 0.15) is 0 Å². The van der Waals surface area contributed by atoms with E-state index in [2.05, 4.69) is 128 Å². The molecule has 0 unspecified atom stereocenters. The van der Waals surface area contributed by atoms with Crippen molar-refractivity contribution in [2.75, 3.05) is 0 Å². The van der Waals surface area contributed by atoms with Crippen molar-refractivity contribution >= 4 is 44.1 Å². The van der Waals surface area contributed by atoms with Gasteiger partial charge < -0.3 is 4.57 Å². The number of hydrogen-bond acceptors (Lipinski definition) is 0. The van der Waals surface area contributed by atoms with Crippen LogP contribution in [0.2, 0.25) is 0 Å². The van der Waals surface area contributed by atoms with Gasteiger partial charge in [0, 0.05) is 28.2 Å². The second-order valence-corrected chi connectivity index (χ2v) is 11.8. The number of benzene rings is 4. The van der Waals surface area contributed by atoms with E-state index in [1.165, 1.54) is 113 Å². The highest BCUT2D eigenvalue weighted by atomic mass is 15.0. The van der Waals surface area contributed by atoms with E-state index in [9.17, 15) is 0 Å². The molecule has 1 heterocycles. The van der Waals surface area contributed by atoms with Crippen molar-refractivity contribution in [1.82, 2.24) is 4.57 Å². The highest BCUT2D eigenvalue weighted by molar-refractivity contribution is 6.10. The molecule has 4 aromatic carbocycles. The van der Waals surface area contributed by atoms with Crippen molar-refractivity contribution < 1.29 is 0 Å². The summed E-state index contributed by atoms with van der Waals surface area (Å²) in [6.07, 6.45) is 24.5. The fourth-order valence-corrected chi connectivity index (χ4v) is 6.48. The van der Waals surface area contributed by atoms with Gasteiger partial charge in [-0.05, 0) is 58.3 Å². The number of hydrogen-bond donors (Lipinski definition) is 0. The number of fused-ring (bicyclic) bond motifs is 1. The molecule has 0 amide bonds. The summed E-state index contributed by atoms with van der Waals surface area (Å²) in [5, 5.41) is 7.93. The quantitative estimate of drug-likeness (QED) is 0.0897. The second-order valence-electron chi connectivity index (χ2n) is 11.8. The molecule has 0 atom stereocenters. The van der Waals surface area contributed by atoms with E-state index in [4.69, 9.17) is 0 Å². The third kappa shape index (κ3) is 6.96. The Morgan fingerprint density at radius 3 is 2.02 bits per heavy atom. The monoisotopic (exact) mass is 553 g/mol. The largest absolute Gasteiger partial charge is 0.340 e. The summed E-state index contributed by atoms with van der Waals surface area (Å²) in [5.41, 5.74) is 4.88. The van der Waals surface area contributed by atoms with Crippen molar-refractivity contribution in [3.05, 3.63) is 120 Å². The molecule has 216 valence electrons. The van der Waals surface area contributed by atoms with E-state index in [1.807, 2.05) is 0 Å². The van der Waals surface area contributed by atoms with Gasteiger partial charge in [-0.3, -0.25) is 0 Å². The molecule has 0 saturated heterocycles. The number of rotatable bonds is 15. The van der Waals surface area contributed by atoms with Gasteiger partial charge in [0.25, 0.3) is 0 Å². The number of allylic oxidation sites excluding steroid dienone is 5. The Hall–Kier alpha value is -3.84. The summed E-state index contributed by atoms with van der Waals surface area (Å²) >= 11 is 0. The first-order chi connectivity index (χ1) is 20.7. The fourth-order valence-electron chi connectivity index (χ4n) is 6.48. The van der Waals surface area contributed by atoms with Crippen molar-refractivity contribution in [3.63, 3.8) is 0 Å². The van der Waals surface area contributed by atoms with Gasteiger partial charge in [-0.25, -0.2) is 0 Å². The molecule has 0 aliphatic rings. The number of aryl methyl sites for hydroxylation is 2. The van der Waals surface area contributed by atoms with Gasteiger partial charge in [0.2, 0.25) is 0 Å². The molecule has 0 radical (unpaired) electrons. The topological polar surface area (TPSA) is 4.93 Å². The molecular weight excluding hydrogens is 506 g/mol. The van der Waals surface area contributed by atoms with E-state index in [0.717, 1.165) is 12.1 Å². The molecule has 1 heteroatoms. The van der Waals surface area contributed by atoms with E-state index < -0.39 is 0 Å². The zero-order valence-electron chi connectivity index (χ0n) is 25.7. The van der Waals surface area contributed by atoms with Gasteiger partial charge in [0.15, 0.2) is 0 Å². The average Bonchev–Trinajstić information content (AvgIpc) is 3.31. The Bertz CT molecular complexity index is 1730. The van der Waals surface area contributed by atoms with Crippen LogP contribution in [0.1, 0.15) is 82.3 Å². The van der Waals surface area contributed by atoms with E-state index in [0.29, 0.717) is 0 Å². The molecule has 0 bridgehead atoms. The fraction of sp³-hybridized carbons (Fsp3) is 0.317. The molecule has 5 aromatic rings. The lowest BCUT2D eigenvalue weighted by atomic mass is 9.95. The average molecular weight is 554 g/mol. The van der Waals surface area contributed by atoms with Crippen molar-refractivity contribution in [1.29, 1.82) is 0 Å². The number of nitrogens with zero attached hydrogens (tertiary/aromatic N) is 1. The van der Waals surface area contributed by atoms with Gasteiger partial charge in [-0.15, -0.1) is 0 Å². The maximum atomic E-state index is 4.39. The highest BCUT2D eigenvalue weighted by Crippen LogP contribution is 2.28. The summed E-state index contributed by atoms with van der Waals surface area (Å²) in [6, 6.07) is 26.4. The van der Waals surface area contributed by atoms with Gasteiger partial charge in [0.05, 0.1) is 0 Å². The minimum absolute atomic E-state index is 1.04. The van der Waals surface area contributed by atoms with Crippen LogP contribution >= 0.6 is 0 Å². The molecule has 5 rings (SSSR count). The molecule has 0 spiro atoms. The number of unbranched alkanes of at least 4 members (excludes halogenated alkanes) is 9. The maximum Gasteiger partial charge on any atom is 0.0497 e. The minimum Gasteiger partial charge on any atom is -0.340 e. The molecule has 0 fully saturated rings. The van der Waals surface area contributed by atoms with Crippen LogP contribution in [0.5, 0.6) is 0 Å². The molecule has 0 aliphatic carbocycles. The zero-order valence-corrected chi connectivity index (χ0v) is 25.7. The summed E-state index contributed by atoms with van der Waals surface area (Å²) in [7, 11) is 0. The molecular formula is C41H47N. The first-order valence-corrected chi connectivity index (χ1v) is 16.2. The zero-order chi connectivity index (χ0) is 29.1. The van der Waals surface area contributed by atoms with Crippen molar-refractivity contribution in [3.8, 4) is 0 Å². The predicted octanol–water partition coefficient (Wildman–Crippen LogP) is 11.5. The summed E-state index contributed by atoms with van der Waals surface area (Å²) in [4.78, 5) is 0. The van der Waals surface area contributed by atoms with Crippen LogP contribution < -0.4 is 5.35 Å². The van der Waals surface area contributed by atoms with Crippen molar-refractivity contribution in [2.45, 2.75) is 84.6 Å². The predicted molar refractivity (Wildman–Crippen MR) is 187 cm³/mol. The standard InChI is InChI=1S/C41H47N/c1-4-5-6-7-8-9-10-11-12-16-31-42-38(37-28-19-25-35-26-20-30-39(42)41(35)37)29-15-13-14-21-32(2)36-27-18-24-34-23-17-22-33(3)40(34)36/h13-15,17-30H,2,4-12,16,31H2,1,3H3/b15-13+,21-14+,38-29-. The Balaban J connectivity index is 1.29. The molecule has 0 saturated carbocycles. The smallest absolute Gasteiger partial charge is 0.0497 e. The molecule has 0 aliphatic heterocycles. The first-order valence-electron chi connectivity index (χ1n) is 16.2. The van der Waals surface area contributed by atoms with Gasteiger partial charge >= 0.3 is 0 Å².